The first-order valence-corrected chi connectivity index (χ1v) is 7.26. The molecule has 1 aliphatic heterocycles. The van der Waals surface area contributed by atoms with Crippen molar-refractivity contribution in [3.8, 4) is 0 Å². The first-order valence-electron chi connectivity index (χ1n) is 7.26. The fraction of sp³-hybridized carbons (Fsp3) is 0.353. The Morgan fingerprint density at radius 3 is 2.90 bits per heavy atom. The van der Waals surface area contributed by atoms with E-state index < -0.39 is 0 Å². The van der Waals surface area contributed by atoms with Crippen LogP contribution in [0.3, 0.4) is 0 Å². The maximum Gasteiger partial charge on any atom is 0.0443 e. The zero-order valence-corrected chi connectivity index (χ0v) is 11.9. The molecule has 0 aliphatic carbocycles. The van der Waals surface area contributed by atoms with Crippen molar-refractivity contribution >= 4 is 5.69 Å². The lowest BCUT2D eigenvalue weighted by Gasteiger charge is -2.22. The van der Waals surface area contributed by atoms with E-state index in [-0.39, 0.29) is 0 Å². The zero-order valence-electron chi connectivity index (χ0n) is 11.9. The van der Waals surface area contributed by atoms with Crippen LogP contribution in [0.2, 0.25) is 0 Å². The first kappa shape index (κ1) is 13.1. The van der Waals surface area contributed by atoms with Crippen LogP contribution >= 0.6 is 0 Å². The molecule has 1 saturated heterocycles. The minimum absolute atomic E-state index is 0.645. The molecule has 3 rings (SSSR count). The lowest BCUT2D eigenvalue weighted by atomic mass is 9.99. The molecule has 104 valence electrons. The molecule has 2 aromatic rings. The maximum absolute atomic E-state index is 4.25. The number of anilines is 1. The highest BCUT2D eigenvalue weighted by atomic mass is 15.2. The molecule has 0 amide bonds. The Balaban J connectivity index is 1.77. The number of nitrogens with one attached hydrogen (secondary N) is 1. The van der Waals surface area contributed by atoms with Gasteiger partial charge in [0.15, 0.2) is 0 Å². The molecular weight excluding hydrogens is 246 g/mol. The third-order valence-corrected chi connectivity index (χ3v) is 4.04. The van der Waals surface area contributed by atoms with E-state index in [1.807, 2.05) is 19.4 Å². The molecule has 0 spiro atoms. The van der Waals surface area contributed by atoms with Crippen LogP contribution in [0.5, 0.6) is 0 Å². The molecule has 0 bridgehead atoms. The summed E-state index contributed by atoms with van der Waals surface area (Å²) >= 11 is 0. The molecule has 1 atom stereocenters. The van der Waals surface area contributed by atoms with Crippen LogP contribution in [0.1, 0.15) is 23.5 Å². The Labute approximate surface area is 120 Å². The minimum Gasteiger partial charge on any atom is -0.371 e. The van der Waals surface area contributed by atoms with E-state index in [4.69, 9.17) is 0 Å². The summed E-state index contributed by atoms with van der Waals surface area (Å²) in [5.41, 5.74) is 4.07. The smallest absolute Gasteiger partial charge is 0.0443 e. The number of benzene rings is 1. The summed E-state index contributed by atoms with van der Waals surface area (Å²) in [6.07, 6.45) is 5.09. The van der Waals surface area contributed by atoms with Crippen LogP contribution in [-0.2, 0) is 6.54 Å². The number of rotatable bonds is 4. The van der Waals surface area contributed by atoms with Gasteiger partial charge in [0.05, 0.1) is 0 Å². The van der Waals surface area contributed by atoms with Crippen molar-refractivity contribution in [1.82, 2.24) is 10.3 Å². The van der Waals surface area contributed by atoms with Gasteiger partial charge in [-0.15, -0.1) is 0 Å². The van der Waals surface area contributed by atoms with Gasteiger partial charge in [0.1, 0.15) is 0 Å². The van der Waals surface area contributed by atoms with Gasteiger partial charge in [0, 0.05) is 49.2 Å². The second-order valence-corrected chi connectivity index (χ2v) is 5.38. The normalized spacial score (nSPS) is 18.4. The van der Waals surface area contributed by atoms with E-state index in [0.717, 1.165) is 19.6 Å². The maximum atomic E-state index is 4.25. The number of nitrogens with zero attached hydrogens (tertiary/aromatic N) is 2. The molecule has 1 unspecified atom stereocenters. The van der Waals surface area contributed by atoms with E-state index in [0.29, 0.717) is 5.92 Å². The van der Waals surface area contributed by atoms with Crippen molar-refractivity contribution in [1.29, 1.82) is 0 Å². The Morgan fingerprint density at radius 2 is 2.10 bits per heavy atom. The largest absolute Gasteiger partial charge is 0.371 e. The highest BCUT2D eigenvalue weighted by Gasteiger charge is 2.25. The van der Waals surface area contributed by atoms with E-state index in [9.17, 15) is 0 Å². The van der Waals surface area contributed by atoms with Crippen molar-refractivity contribution in [3.63, 3.8) is 0 Å². The Kier molecular flexibility index (Phi) is 3.97. The third kappa shape index (κ3) is 2.68. The molecule has 0 saturated carbocycles. The zero-order chi connectivity index (χ0) is 13.8. The summed E-state index contributed by atoms with van der Waals surface area (Å²) in [5.74, 6) is 0.645. The monoisotopic (exact) mass is 267 g/mol. The van der Waals surface area contributed by atoms with Crippen LogP contribution in [0, 0.1) is 0 Å². The van der Waals surface area contributed by atoms with Gasteiger partial charge in [-0.05, 0) is 25.1 Å². The number of aromatic nitrogens is 1. The van der Waals surface area contributed by atoms with Crippen molar-refractivity contribution in [2.75, 3.05) is 25.0 Å². The van der Waals surface area contributed by atoms with Gasteiger partial charge in [-0.3, -0.25) is 4.98 Å². The molecule has 1 N–H and O–H groups in total. The summed E-state index contributed by atoms with van der Waals surface area (Å²) < 4.78 is 0. The van der Waals surface area contributed by atoms with E-state index >= 15 is 0 Å². The molecule has 3 nitrogen and oxygen atoms in total. The average molecular weight is 267 g/mol. The number of pyridine rings is 1. The fourth-order valence-corrected chi connectivity index (χ4v) is 3.03. The lowest BCUT2D eigenvalue weighted by molar-refractivity contribution is 0.772. The molecule has 1 fully saturated rings. The molecule has 1 aliphatic rings. The summed E-state index contributed by atoms with van der Waals surface area (Å²) in [7, 11) is 1.98. The van der Waals surface area contributed by atoms with Gasteiger partial charge < -0.3 is 10.2 Å². The first-order chi connectivity index (χ1) is 9.88. The minimum atomic E-state index is 0.645. The van der Waals surface area contributed by atoms with E-state index in [2.05, 4.69) is 51.6 Å². The Bertz CT molecular complexity index is 553. The predicted molar refractivity (Wildman–Crippen MR) is 83.0 cm³/mol. The van der Waals surface area contributed by atoms with Crippen LogP contribution in [0.15, 0.2) is 48.8 Å². The van der Waals surface area contributed by atoms with E-state index in [1.54, 1.807) is 0 Å². The van der Waals surface area contributed by atoms with Gasteiger partial charge in [-0.25, -0.2) is 0 Å². The Morgan fingerprint density at radius 1 is 1.25 bits per heavy atom. The average Bonchev–Trinajstić information content (AvgIpc) is 2.99. The van der Waals surface area contributed by atoms with Crippen molar-refractivity contribution in [2.45, 2.75) is 18.9 Å². The standard InChI is InChI=1S/C17H21N3/c1-18-11-16-12-19-9-7-17(16)20-10-8-15(13-20)14-5-3-2-4-6-14/h2-7,9,12,15,18H,8,10-11,13H2,1H3. The predicted octanol–water partition coefficient (Wildman–Crippen LogP) is 2.79. The highest BCUT2D eigenvalue weighted by molar-refractivity contribution is 5.53. The second-order valence-electron chi connectivity index (χ2n) is 5.38. The van der Waals surface area contributed by atoms with Crippen LogP contribution < -0.4 is 10.2 Å². The SMILES string of the molecule is CNCc1cnccc1N1CCC(c2ccccc2)C1. The quantitative estimate of drug-likeness (QED) is 0.923. The van der Waals surface area contributed by atoms with Crippen molar-refractivity contribution < 1.29 is 0 Å². The van der Waals surface area contributed by atoms with Gasteiger partial charge in [-0.1, -0.05) is 30.3 Å². The highest BCUT2D eigenvalue weighted by Crippen LogP contribution is 2.31. The third-order valence-electron chi connectivity index (χ3n) is 4.04. The van der Waals surface area contributed by atoms with Crippen molar-refractivity contribution in [2.24, 2.45) is 0 Å². The summed E-state index contributed by atoms with van der Waals surface area (Å²) in [4.78, 5) is 6.74. The topological polar surface area (TPSA) is 28.2 Å². The lowest BCUT2D eigenvalue weighted by Crippen LogP contribution is -2.22. The molecular formula is C17H21N3. The summed E-state index contributed by atoms with van der Waals surface area (Å²) in [6.45, 7) is 3.10. The van der Waals surface area contributed by atoms with E-state index in [1.165, 1.54) is 23.2 Å². The van der Waals surface area contributed by atoms with Crippen LogP contribution in [-0.4, -0.2) is 25.1 Å². The number of hydrogen-bond acceptors (Lipinski definition) is 3. The summed E-state index contributed by atoms with van der Waals surface area (Å²) in [5, 5.41) is 3.22. The van der Waals surface area contributed by atoms with Crippen molar-refractivity contribution in [3.05, 3.63) is 59.9 Å². The number of hydrogen-bond donors (Lipinski definition) is 1. The molecule has 1 aromatic heterocycles. The van der Waals surface area contributed by atoms with Gasteiger partial charge in [-0.2, -0.15) is 0 Å². The van der Waals surface area contributed by atoms with Gasteiger partial charge in [0.2, 0.25) is 0 Å². The molecule has 3 heteroatoms. The molecule has 0 radical (unpaired) electrons. The van der Waals surface area contributed by atoms with Crippen LogP contribution in [0.4, 0.5) is 5.69 Å². The summed E-state index contributed by atoms with van der Waals surface area (Å²) in [6, 6.07) is 13.0. The second kappa shape index (κ2) is 6.06. The van der Waals surface area contributed by atoms with Gasteiger partial charge in [0.25, 0.3) is 0 Å². The Hall–Kier alpha value is -1.87. The molecule has 1 aromatic carbocycles. The fourth-order valence-electron chi connectivity index (χ4n) is 3.03. The van der Waals surface area contributed by atoms with Crippen LogP contribution in [0.25, 0.3) is 0 Å². The van der Waals surface area contributed by atoms with Gasteiger partial charge >= 0.3 is 0 Å². The molecule has 20 heavy (non-hydrogen) atoms. The molecule has 2 heterocycles.